The first kappa shape index (κ1) is 16.8. The molecule has 1 aromatic heterocycles. The number of aromatic nitrogens is 1. The van der Waals surface area contributed by atoms with Crippen LogP contribution in [0.1, 0.15) is 22.8 Å². The van der Waals surface area contributed by atoms with E-state index >= 15 is 0 Å². The third kappa shape index (κ3) is 3.26. The Hall–Kier alpha value is -3.08. The fourth-order valence-corrected chi connectivity index (χ4v) is 2.76. The van der Waals surface area contributed by atoms with Crippen LogP contribution in [-0.2, 0) is 6.54 Å². The molecule has 0 spiro atoms. The van der Waals surface area contributed by atoms with Crippen LogP contribution in [0.25, 0.3) is 10.9 Å². The number of hydrogen-bond acceptors (Lipinski definition) is 3. The normalized spacial score (nSPS) is 10.7. The van der Waals surface area contributed by atoms with E-state index in [4.69, 9.17) is 4.74 Å². The molecule has 2 aromatic carbocycles. The van der Waals surface area contributed by atoms with Gasteiger partial charge in [-0.05, 0) is 44.2 Å². The van der Waals surface area contributed by atoms with Gasteiger partial charge in [0, 0.05) is 18.4 Å². The fraction of sp³-hybridized carbons (Fsp3) is 0.200. The summed E-state index contributed by atoms with van der Waals surface area (Å²) < 4.78 is 7.10. The van der Waals surface area contributed by atoms with Gasteiger partial charge in [0.15, 0.2) is 0 Å². The minimum atomic E-state index is -0.416. The molecular formula is C20H20N2O3. The molecule has 0 aliphatic rings. The van der Waals surface area contributed by atoms with Gasteiger partial charge in [0.1, 0.15) is 11.3 Å². The molecule has 1 heterocycles. The fourth-order valence-electron chi connectivity index (χ4n) is 2.76. The lowest BCUT2D eigenvalue weighted by atomic mass is 10.1. The van der Waals surface area contributed by atoms with Crippen molar-refractivity contribution in [2.45, 2.75) is 20.4 Å². The van der Waals surface area contributed by atoms with Crippen LogP contribution in [0.5, 0.6) is 5.75 Å². The summed E-state index contributed by atoms with van der Waals surface area (Å²) in [4.78, 5) is 25.5. The zero-order chi connectivity index (χ0) is 18.0. The summed E-state index contributed by atoms with van der Waals surface area (Å²) in [6.45, 7) is 4.59. The molecule has 0 aliphatic heterocycles. The second kappa shape index (κ2) is 6.81. The van der Waals surface area contributed by atoms with Gasteiger partial charge in [-0.3, -0.25) is 9.59 Å². The highest BCUT2D eigenvalue weighted by Crippen LogP contribution is 2.19. The largest absolute Gasteiger partial charge is 0.497 e. The van der Waals surface area contributed by atoms with Gasteiger partial charge in [-0.15, -0.1) is 0 Å². The Morgan fingerprint density at radius 3 is 2.52 bits per heavy atom. The van der Waals surface area contributed by atoms with Crippen molar-refractivity contribution in [1.29, 1.82) is 0 Å². The van der Waals surface area contributed by atoms with Crippen LogP contribution in [0.2, 0.25) is 0 Å². The molecule has 5 heteroatoms. The van der Waals surface area contributed by atoms with Crippen molar-refractivity contribution in [3.05, 3.63) is 70.0 Å². The van der Waals surface area contributed by atoms with Crippen molar-refractivity contribution < 1.29 is 9.53 Å². The summed E-state index contributed by atoms with van der Waals surface area (Å²) in [5, 5.41) is 3.26. The van der Waals surface area contributed by atoms with Crippen LogP contribution in [0, 0.1) is 6.92 Å². The van der Waals surface area contributed by atoms with Crippen molar-refractivity contribution in [3.63, 3.8) is 0 Å². The summed E-state index contributed by atoms with van der Waals surface area (Å²) in [7, 11) is 1.55. The Morgan fingerprint density at radius 2 is 1.88 bits per heavy atom. The Bertz CT molecular complexity index is 988. The van der Waals surface area contributed by atoms with E-state index < -0.39 is 5.91 Å². The van der Waals surface area contributed by atoms with Gasteiger partial charge in [-0.2, -0.15) is 0 Å². The Morgan fingerprint density at radius 1 is 1.16 bits per heavy atom. The maximum atomic E-state index is 12.8. The average Bonchev–Trinajstić information content (AvgIpc) is 2.63. The zero-order valence-electron chi connectivity index (χ0n) is 14.5. The molecule has 0 saturated carbocycles. The number of pyridine rings is 1. The van der Waals surface area contributed by atoms with Crippen LogP contribution in [0.15, 0.2) is 53.5 Å². The number of carbonyl (C=O) groups is 1. The second-order valence-electron chi connectivity index (χ2n) is 5.86. The smallest absolute Gasteiger partial charge is 0.261 e. The van der Waals surface area contributed by atoms with Gasteiger partial charge in [0.25, 0.3) is 5.91 Å². The van der Waals surface area contributed by atoms with Crippen molar-refractivity contribution in [2.75, 3.05) is 12.4 Å². The van der Waals surface area contributed by atoms with Crippen LogP contribution < -0.4 is 15.5 Å². The summed E-state index contributed by atoms with van der Waals surface area (Å²) >= 11 is 0. The van der Waals surface area contributed by atoms with Crippen molar-refractivity contribution in [3.8, 4) is 5.75 Å². The minimum Gasteiger partial charge on any atom is -0.497 e. The number of methoxy groups -OCH3 is 1. The van der Waals surface area contributed by atoms with E-state index in [0.717, 1.165) is 11.1 Å². The first-order valence-electron chi connectivity index (χ1n) is 8.12. The lowest BCUT2D eigenvalue weighted by molar-refractivity contribution is 0.102. The number of ether oxygens (including phenoxy) is 1. The zero-order valence-corrected chi connectivity index (χ0v) is 14.5. The molecule has 3 aromatic rings. The van der Waals surface area contributed by atoms with Gasteiger partial charge in [0.05, 0.1) is 18.0 Å². The molecular weight excluding hydrogens is 316 g/mol. The van der Waals surface area contributed by atoms with E-state index in [1.165, 1.54) is 0 Å². The third-order valence-electron chi connectivity index (χ3n) is 4.18. The monoisotopic (exact) mass is 336 g/mol. The predicted molar refractivity (Wildman–Crippen MR) is 99.6 cm³/mol. The molecule has 5 nitrogen and oxygen atoms in total. The molecule has 1 N–H and O–H groups in total. The van der Waals surface area contributed by atoms with Gasteiger partial charge in [0.2, 0.25) is 5.43 Å². The number of anilines is 1. The molecule has 25 heavy (non-hydrogen) atoms. The Kier molecular flexibility index (Phi) is 4.57. The van der Waals surface area contributed by atoms with Gasteiger partial charge in [-0.25, -0.2) is 0 Å². The second-order valence-corrected chi connectivity index (χ2v) is 5.86. The van der Waals surface area contributed by atoms with Crippen LogP contribution in [-0.4, -0.2) is 17.6 Å². The maximum Gasteiger partial charge on any atom is 0.261 e. The summed E-state index contributed by atoms with van der Waals surface area (Å²) in [5.74, 6) is 0.170. The lowest BCUT2D eigenvalue weighted by Gasteiger charge is -2.13. The molecule has 0 fully saturated rings. The highest BCUT2D eigenvalue weighted by molar-refractivity contribution is 6.05. The van der Waals surface area contributed by atoms with E-state index in [1.807, 2.05) is 48.7 Å². The first-order chi connectivity index (χ1) is 12.0. The van der Waals surface area contributed by atoms with Crippen molar-refractivity contribution >= 4 is 22.5 Å². The third-order valence-corrected chi connectivity index (χ3v) is 4.18. The van der Waals surface area contributed by atoms with E-state index in [-0.39, 0.29) is 11.0 Å². The topological polar surface area (TPSA) is 60.3 Å². The molecule has 0 aliphatic carbocycles. The molecule has 128 valence electrons. The number of aryl methyl sites for hydroxylation is 2. The van der Waals surface area contributed by atoms with E-state index in [0.29, 0.717) is 23.4 Å². The van der Waals surface area contributed by atoms with Crippen LogP contribution >= 0.6 is 0 Å². The highest BCUT2D eigenvalue weighted by Gasteiger charge is 2.16. The quantitative estimate of drug-likeness (QED) is 0.792. The minimum absolute atomic E-state index is 0.114. The van der Waals surface area contributed by atoms with E-state index in [1.54, 1.807) is 25.4 Å². The van der Waals surface area contributed by atoms with Gasteiger partial charge >= 0.3 is 0 Å². The number of nitrogens with one attached hydrogen (secondary N) is 1. The van der Waals surface area contributed by atoms with Crippen molar-refractivity contribution in [1.82, 2.24) is 4.57 Å². The number of hydrogen-bond donors (Lipinski definition) is 1. The Balaban J connectivity index is 2.08. The van der Waals surface area contributed by atoms with Crippen LogP contribution in [0.4, 0.5) is 5.69 Å². The number of benzene rings is 2. The SMILES string of the molecule is CCn1cc(C(=O)Nc2ccc(C)cc2)c(=O)c2cc(OC)ccc21. The molecule has 0 bridgehead atoms. The number of carbonyl (C=O) groups excluding carboxylic acids is 1. The molecule has 0 saturated heterocycles. The number of fused-ring (bicyclic) bond motifs is 1. The molecule has 0 radical (unpaired) electrons. The number of nitrogens with zero attached hydrogens (tertiary/aromatic N) is 1. The van der Waals surface area contributed by atoms with Crippen molar-refractivity contribution in [2.24, 2.45) is 0 Å². The molecule has 0 unspecified atom stereocenters. The average molecular weight is 336 g/mol. The molecule has 0 atom stereocenters. The Labute approximate surface area is 145 Å². The van der Waals surface area contributed by atoms with Crippen LogP contribution in [0.3, 0.4) is 0 Å². The summed E-state index contributed by atoms with van der Waals surface area (Å²) in [6, 6.07) is 12.8. The lowest BCUT2D eigenvalue weighted by Crippen LogP contribution is -2.23. The van der Waals surface area contributed by atoms with Gasteiger partial charge < -0.3 is 14.6 Å². The number of amides is 1. The van der Waals surface area contributed by atoms with Gasteiger partial charge in [-0.1, -0.05) is 17.7 Å². The first-order valence-corrected chi connectivity index (χ1v) is 8.12. The standard InChI is InChI=1S/C20H20N2O3/c1-4-22-12-17(20(24)21-14-7-5-13(2)6-8-14)19(23)16-11-15(25-3)9-10-18(16)22/h5-12H,4H2,1-3H3,(H,21,24). The predicted octanol–water partition coefficient (Wildman–Crippen LogP) is 3.59. The summed E-state index contributed by atoms with van der Waals surface area (Å²) in [6.07, 6.45) is 1.61. The van der Waals surface area contributed by atoms with E-state index in [9.17, 15) is 9.59 Å². The highest BCUT2D eigenvalue weighted by atomic mass is 16.5. The summed E-state index contributed by atoms with van der Waals surface area (Å²) in [5.41, 5.74) is 2.35. The maximum absolute atomic E-state index is 12.8. The van der Waals surface area contributed by atoms with E-state index in [2.05, 4.69) is 5.32 Å². The molecule has 3 rings (SSSR count). The molecule has 1 amide bonds. The number of rotatable bonds is 4.